The highest BCUT2D eigenvalue weighted by molar-refractivity contribution is 9.11. The number of aromatic nitrogens is 1. The van der Waals surface area contributed by atoms with Crippen LogP contribution >= 0.6 is 31.9 Å². The molecule has 0 saturated carbocycles. The Balaban J connectivity index is 2.00. The summed E-state index contributed by atoms with van der Waals surface area (Å²) in [6.45, 7) is 3.46. The van der Waals surface area contributed by atoms with Gasteiger partial charge in [0.25, 0.3) is 0 Å². The molecule has 2 aromatic rings. The number of nitrogens with zero attached hydrogens (tertiary/aromatic N) is 1. The third-order valence-corrected chi connectivity index (χ3v) is 3.80. The molecule has 2 rings (SSSR count). The highest BCUT2D eigenvalue weighted by atomic mass is 79.9. The lowest BCUT2D eigenvalue weighted by molar-refractivity contribution is -0.697. The number of anilines is 1. The fraction of sp³-hybridized carbons (Fsp3) is 0.214. The Kier molecular flexibility index (Phi) is 4.82. The van der Waals surface area contributed by atoms with Gasteiger partial charge in [-0.1, -0.05) is 0 Å². The highest BCUT2D eigenvalue weighted by Gasteiger charge is 2.09. The van der Waals surface area contributed by atoms with Crippen molar-refractivity contribution in [3.63, 3.8) is 0 Å². The number of hydrogen-bond acceptors (Lipinski definition) is 2. The Morgan fingerprint density at radius 3 is 2.58 bits per heavy atom. The lowest BCUT2D eigenvalue weighted by atomic mass is 10.3. The van der Waals surface area contributed by atoms with E-state index in [4.69, 9.17) is 10.5 Å². The van der Waals surface area contributed by atoms with Gasteiger partial charge in [0.15, 0.2) is 18.9 Å². The van der Waals surface area contributed by atoms with Gasteiger partial charge in [0, 0.05) is 17.3 Å². The average molecular weight is 387 g/mol. The summed E-state index contributed by atoms with van der Waals surface area (Å²) >= 11 is 6.91. The van der Waals surface area contributed by atoms with Crippen molar-refractivity contribution in [2.45, 2.75) is 13.5 Å². The summed E-state index contributed by atoms with van der Waals surface area (Å²) in [6, 6.07) is 7.77. The number of aryl methyl sites for hydroxylation is 1. The zero-order valence-corrected chi connectivity index (χ0v) is 13.7. The van der Waals surface area contributed by atoms with Crippen molar-refractivity contribution in [3.05, 3.63) is 51.2 Å². The largest absolute Gasteiger partial charge is 0.485 e. The van der Waals surface area contributed by atoms with Crippen LogP contribution in [0.15, 0.2) is 45.6 Å². The SMILES string of the molecule is Cc1ccc[n+](CCOc2c(Br)cc(N)cc2Br)c1. The Hall–Kier alpha value is -1.07. The standard InChI is InChI=1S/C14H15Br2N2O/c1-10-3-2-4-18(9-10)5-6-19-14-12(15)7-11(17)8-13(14)16/h2-4,7-9H,5-6,17H2,1H3/q+1. The number of hydrogen-bond donors (Lipinski definition) is 1. The van der Waals surface area contributed by atoms with Gasteiger partial charge in [-0.25, -0.2) is 4.57 Å². The number of benzene rings is 1. The number of nitrogens with two attached hydrogens (primary N) is 1. The van der Waals surface area contributed by atoms with Crippen LogP contribution in [0, 0.1) is 6.92 Å². The molecule has 2 N–H and O–H groups in total. The lowest BCUT2D eigenvalue weighted by Gasteiger charge is -2.09. The van der Waals surface area contributed by atoms with Crippen molar-refractivity contribution in [1.82, 2.24) is 0 Å². The molecule has 0 atom stereocenters. The summed E-state index contributed by atoms with van der Waals surface area (Å²) in [5, 5.41) is 0. The van der Waals surface area contributed by atoms with Crippen LogP contribution in [0.5, 0.6) is 5.75 Å². The predicted molar refractivity (Wildman–Crippen MR) is 83.1 cm³/mol. The van der Waals surface area contributed by atoms with Gasteiger partial charge in [0.05, 0.1) is 8.95 Å². The van der Waals surface area contributed by atoms with Gasteiger partial charge in [-0.05, 0) is 57.0 Å². The second-order valence-electron chi connectivity index (χ2n) is 4.28. The maximum absolute atomic E-state index is 5.80. The van der Waals surface area contributed by atoms with Crippen LogP contribution in [0.2, 0.25) is 0 Å². The minimum atomic E-state index is 0.592. The molecule has 0 bridgehead atoms. The minimum absolute atomic E-state index is 0.592. The Morgan fingerprint density at radius 2 is 1.95 bits per heavy atom. The van der Waals surface area contributed by atoms with Gasteiger partial charge in [0.1, 0.15) is 12.4 Å². The Morgan fingerprint density at radius 1 is 1.26 bits per heavy atom. The maximum atomic E-state index is 5.80. The summed E-state index contributed by atoms with van der Waals surface area (Å²) in [5.74, 6) is 0.780. The molecule has 0 aliphatic carbocycles. The van der Waals surface area contributed by atoms with Crippen LogP contribution in [0.25, 0.3) is 0 Å². The minimum Gasteiger partial charge on any atom is -0.485 e. The molecule has 0 spiro atoms. The molecule has 5 heteroatoms. The van der Waals surface area contributed by atoms with E-state index in [1.807, 2.05) is 24.4 Å². The number of nitrogen functional groups attached to an aromatic ring is 1. The zero-order valence-electron chi connectivity index (χ0n) is 10.6. The lowest BCUT2D eigenvalue weighted by Crippen LogP contribution is -2.36. The van der Waals surface area contributed by atoms with E-state index in [0.29, 0.717) is 12.3 Å². The number of ether oxygens (including phenoxy) is 1. The van der Waals surface area contributed by atoms with Crippen molar-refractivity contribution in [2.75, 3.05) is 12.3 Å². The van der Waals surface area contributed by atoms with E-state index in [-0.39, 0.29) is 0 Å². The molecular weight excluding hydrogens is 372 g/mol. The molecule has 100 valence electrons. The molecule has 1 heterocycles. The highest BCUT2D eigenvalue weighted by Crippen LogP contribution is 2.35. The summed E-state index contributed by atoms with van der Waals surface area (Å²) in [6.07, 6.45) is 4.12. The average Bonchev–Trinajstić information content (AvgIpc) is 2.32. The smallest absolute Gasteiger partial charge is 0.182 e. The number of halogens is 2. The van der Waals surface area contributed by atoms with Crippen molar-refractivity contribution >= 4 is 37.5 Å². The van der Waals surface area contributed by atoms with Gasteiger partial charge >= 0.3 is 0 Å². The number of rotatable bonds is 4. The maximum Gasteiger partial charge on any atom is 0.182 e. The van der Waals surface area contributed by atoms with E-state index < -0.39 is 0 Å². The third-order valence-electron chi connectivity index (χ3n) is 2.62. The molecule has 0 amide bonds. The second-order valence-corrected chi connectivity index (χ2v) is 5.99. The van der Waals surface area contributed by atoms with E-state index in [0.717, 1.165) is 21.2 Å². The first kappa shape index (κ1) is 14.3. The third kappa shape index (κ3) is 3.94. The molecule has 3 nitrogen and oxygen atoms in total. The van der Waals surface area contributed by atoms with E-state index in [2.05, 4.69) is 55.6 Å². The molecule has 19 heavy (non-hydrogen) atoms. The quantitative estimate of drug-likeness (QED) is 0.645. The molecule has 1 aromatic carbocycles. The van der Waals surface area contributed by atoms with Crippen molar-refractivity contribution < 1.29 is 9.30 Å². The van der Waals surface area contributed by atoms with Crippen LogP contribution in [0.4, 0.5) is 5.69 Å². The van der Waals surface area contributed by atoms with Gasteiger partial charge < -0.3 is 10.5 Å². The van der Waals surface area contributed by atoms with Gasteiger partial charge in [-0.2, -0.15) is 0 Å². The predicted octanol–water partition coefficient (Wildman–Crippen LogP) is 3.47. The summed E-state index contributed by atoms with van der Waals surface area (Å²) in [5.41, 5.74) is 7.67. The van der Waals surface area contributed by atoms with E-state index in [9.17, 15) is 0 Å². The van der Waals surface area contributed by atoms with Gasteiger partial charge in [-0.3, -0.25) is 0 Å². The summed E-state index contributed by atoms with van der Waals surface area (Å²) in [4.78, 5) is 0. The zero-order chi connectivity index (χ0) is 13.8. The fourth-order valence-corrected chi connectivity index (χ4v) is 3.21. The molecule has 0 fully saturated rings. The van der Waals surface area contributed by atoms with Crippen molar-refractivity contribution in [3.8, 4) is 5.75 Å². The summed E-state index contributed by atoms with van der Waals surface area (Å²) < 4.78 is 9.61. The number of pyridine rings is 1. The van der Waals surface area contributed by atoms with Gasteiger partial charge in [0.2, 0.25) is 0 Å². The van der Waals surface area contributed by atoms with Crippen LogP contribution in [-0.4, -0.2) is 6.61 Å². The van der Waals surface area contributed by atoms with E-state index in [1.54, 1.807) is 0 Å². The molecule has 1 aromatic heterocycles. The normalized spacial score (nSPS) is 10.5. The van der Waals surface area contributed by atoms with E-state index >= 15 is 0 Å². The molecule has 0 saturated heterocycles. The van der Waals surface area contributed by atoms with Gasteiger partial charge in [-0.15, -0.1) is 0 Å². The Bertz CT molecular complexity index is 564. The van der Waals surface area contributed by atoms with E-state index in [1.165, 1.54) is 5.56 Å². The second kappa shape index (κ2) is 6.39. The molecular formula is C14H15Br2N2O+. The molecule has 0 unspecified atom stereocenters. The summed E-state index contributed by atoms with van der Waals surface area (Å²) in [7, 11) is 0. The topological polar surface area (TPSA) is 39.1 Å². The van der Waals surface area contributed by atoms with Crippen molar-refractivity contribution in [1.29, 1.82) is 0 Å². The Labute approximate surface area is 129 Å². The monoisotopic (exact) mass is 385 g/mol. The van der Waals surface area contributed by atoms with Crippen molar-refractivity contribution in [2.24, 2.45) is 0 Å². The molecule has 0 radical (unpaired) electrons. The van der Waals surface area contributed by atoms with Crippen LogP contribution in [0.3, 0.4) is 0 Å². The first-order valence-corrected chi connectivity index (χ1v) is 7.48. The fourth-order valence-electron chi connectivity index (χ4n) is 1.76. The van der Waals surface area contributed by atoms with Crippen LogP contribution in [-0.2, 0) is 6.54 Å². The van der Waals surface area contributed by atoms with Crippen LogP contribution < -0.4 is 15.0 Å². The molecule has 0 aliphatic rings. The first-order chi connectivity index (χ1) is 9.06. The first-order valence-electron chi connectivity index (χ1n) is 5.89. The van der Waals surface area contributed by atoms with Crippen LogP contribution in [0.1, 0.15) is 5.56 Å². The molecule has 0 aliphatic heterocycles.